The quantitative estimate of drug-likeness (QED) is 0.356. The normalized spacial score (nSPS) is 19.1. The van der Waals surface area contributed by atoms with E-state index >= 15 is 0 Å². The van der Waals surface area contributed by atoms with Crippen molar-refractivity contribution < 1.29 is 9.15 Å². The zero-order chi connectivity index (χ0) is 5.28. The average molecular weight is 98.1 g/mol. The van der Waals surface area contributed by atoms with Crippen molar-refractivity contribution in [1.82, 2.24) is 0 Å². The van der Waals surface area contributed by atoms with E-state index in [0.29, 0.717) is 0 Å². The van der Waals surface area contributed by atoms with Gasteiger partial charge in [0.2, 0.25) is 12.8 Å². The molecule has 0 fully saturated rings. The molecule has 0 aromatic heterocycles. The molecule has 0 unspecified atom stereocenters. The lowest BCUT2D eigenvalue weighted by molar-refractivity contribution is -0.504. The first-order valence-corrected chi connectivity index (χ1v) is 2.39. The van der Waals surface area contributed by atoms with Gasteiger partial charge in [0.15, 0.2) is 0 Å². The van der Waals surface area contributed by atoms with Crippen molar-refractivity contribution in [2.75, 3.05) is 20.6 Å². The van der Waals surface area contributed by atoms with Gasteiger partial charge in [0.05, 0.1) is 0 Å². The predicted octanol–water partition coefficient (Wildman–Crippen LogP) is -0.616. The van der Waals surface area contributed by atoms with E-state index in [-0.39, 0.29) is 0 Å². The second kappa shape index (κ2) is 1.45. The van der Waals surface area contributed by atoms with Crippen LogP contribution in [0.3, 0.4) is 0 Å². The Kier molecular flexibility index (Phi) is 0.929. The molecule has 0 atom stereocenters. The second-order valence-electron chi connectivity index (χ2n) is 1.90. The molecule has 0 aliphatic carbocycles. The van der Waals surface area contributed by atoms with Crippen molar-refractivity contribution in [3.05, 3.63) is 0 Å². The summed E-state index contributed by atoms with van der Waals surface area (Å²) in [6.45, 7) is 1.05. The molecule has 1 aliphatic rings. The zero-order valence-corrected chi connectivity index (χ0v) is 4.76. The highest BCUT2D eigenvalue weighted by molar-refractivity contribution is 5.61. The minimum absolute atomic E-state index is 1.05. The van der Waals surface area contributed by atoms with Crippen molar-refractivity contribution in [3.8, 4) is 0 Å². The SMILES string of the molecule is C[N+]1=CC[N+](C)=C1. The Morgan fingerprint density at radius 3 is 2.29 bits per heavy atom. The summed E-state index contributed by atoms with van der Waals surface area (Å²) in [5.74, 6) is 0. The van der Waals surface area contributed by atoms with Crippen LogP contribution in [0.5, 0.6) is 0 Å². The second-order valence-corrected chi connectivity index (χ2v) is 1.90. The highest BCUT2D eigenvalue weighted by Crippen LogP contribution is 1.71. The van der Waals surface area contributed by atoms with Gasteiger partial charge in [0.1, 0.15) is 14.1 Å². The van der Waals surface area contributed by atoms with Crippen LogP contribution in [-0.4, -0.2) is 42.3 Å². The third-order valence-electron chi connectivity index (χ3n) is 1.04. The van der Waals surface area contributed by atoms with Gasteiger partial charge < -0.3 is 0 Å². The van der Waals surface area contributed by atoms with Crippen LogP contribution in [0.2, 0.25) is 0 Å². The highest BCUT2D eigenvalue weighted by Gasteiger charge is 2.08. The smallest absolute Gasteiger partial charge is 0.174 e. The van der Waals surface area contributed by atoms with Gasteiger partial charge in [0.25, 0.3) is 0 Å². The van der Waals surface area contributed by atoms with E-state index in [1.807, 2.05) is 7.05 Å². The molecule has 0 aromatic rings. The van der Waals surface area contributed by atoms with E-state index < -0.39 is 0 Å². The summed E-state index contributed by atoms with van der Waals surface area (Å²) in [5, 5.41) is 0. The molecule has 0 spiro atoms. The molecule has 0 bridgehead atoms. The molecule has 0 saturated carbocycles. The molecule has 7 heavy (non-hydrogen) atoms. The topological polar surface area (TPSA) is 6.02 Å². The lowest BCUT2D eigenvalue weighted by Gasteiger charge is -1.70. The van der Waals surface area contributed by atoms with Crippen molar-refractivity contribution in [1.29, 1.82) is 0 Å². The largest absolute Gasteiger partial charge is 0.401 e. The molecule has 0 amide bonds. The molecular formula is C5H10N2+2. The molecule has 2 nitrogen and oxygen atoms in total. The lowest BCUT2D eigenvalue weighted by Crippen LogP contribution is -2.02. The van der Waals surface area contributed by atoms with Crippen LogP contribution in [0.15, 0.2) is 0 Å². The molecule has 2 heteroatoms. The van der Waals surface area contributed by atoms with Crippen LogP contribution in [-0.2, 0) is 0 Å². The van der Waals surface area contributed by atoms with Crippen LogP contribution in [0.4, 0.5) is 0 Å². The van der Waals surface area contributed by atoms with Crippen LogP contribution in [0.1, 0.15) is 0 Å². The van der Waals surface area contributed by atoms with E-state index in [4.69, 9.17) is 0 Å². The monoisotopic (exact) mass is 98.1 g/mol. The van der Waals surface area contributed by atoms with E-state index in [0.717, 1.165) is 6.54 Å². The van der Waals surface area contributed by atoms with Gasteiger partial charge in [-0.1, -0.05) is 0 Å². The number of hydrogen-bond donors (Lipinski definition) is 0. The molecule has 1 aliphatic heterocycles. The van der Waals surface area contributed by atoms with E-state index in [1.165, 1.54) is 0 Å². The Morgan fingerprint density at radius 1 is 1.43 bits per heavy atom. The summed E-state index contributed by atoms with van der Waals surface area (Å²) in [6.07, 6.45) is 4.18. The first-order valence-electron chi connectivity index (χ1n) is 2.39. The van der Waals surface area contributed by atoms with Crippen LogP contribution in [0.25, 0.3) is 0 Å². The third kappa shape index (κ3) is 0.856. The Bertz CT molecular complexity index is 133. The fourth-order valence-electron chi connectivity index (χ4n) is 0.663. The summed E-state index contributed by atoms with van der Waals surface area (Å²) in [6, 6.07) is 0. The zero-order valence-electron chi connectivity index (χ0n) is 4.76. The minimum Gasteiger partial charge on any atom is -0.174 e. The first kappa shape index (κ1) is 4.50. The summed E-state index contributed by atoms with van der Waals surface area (Å²) in [4.78, 5) is 0. The predicted molar refractivity (Wildman–Crippen MR) is 29.4 cm³/mol. The highest BCUT2D eigenvalue weighted by atomic mass is 15.1. The molecule has 38 valence electrons. The van der Waals surface area contributed by atoms with E-state index in [9.17, 15) is 0 Å². The molecule has 0 saturated heterocycles. The van der Waals surface area contributed by atoms with Crippen molar-refractivity contribution >= 4 is 12.6 Å². The molecule has 1 rings (SSSR count). The average Bonchev–Trinajstić information content (AvgIpc) is 1.87. The van der Waals surface area contributed by atoms with Gasteiger partial charge in [-0.3, -0.25) is 0 Å². The summed E-state index contributed by atoms with van der Waals surface area (Å²) in [5.41, 5.74) is 0. The van der Waals surface area contributed by atoms with Gasteiger partial charge in [-0.25, -0.2) is 0 Å². The van der Waals surface area contributed by atoms with Crippen molar-refractivity contribution in [2.24, 2.45) is 0 Å². The Balaban J connectivity index is 2.69. The molecule has 1 heterocycles. The maximum atomic E-state index is 2.12. The molecule has 0 aromatic carbocycles. The fraction of sp³-hybridized carbons (Fsp3) is 0.600. The molecular weight excluding hydrogens is 88.1 g/mol. The van der Waals surface area contributed by atoms with Gasteiger partial charge in [-0.15, -0.1) is 0 Å². The fourth-order valence-corrected chi connectivity index (χ4v) is 0.663. The Hall–Kier alpha value is -0.660. The van der Waals surface area contributed by atoms with Crippen LogP contribution in [0, 0.1) is 0 Å². The summed E-state index contributed by atoms with van der Waals surface area (Å²) < 4.78 is 4.18. The van der Waals surface area contributed by atoms with Gasteiger partial charge in [0, 0.05) is 0 Å². The first-order chi connectivity index (χ1) is 3.29. The Labute approximate surface area is 43.4 Å². The van der Waals surface area contributed by atoms with Crippen molar-refractivity contribution in [2.45, 2.75) is 0 Å². The van der Waals surface area contributed by atoms with Crippen LogP contribution >= 0.6 is 0 Å². The van der Waals surface area contributed by atoms with E-state index in [2.05, 4.69) is 28.8 Å². The number of nitrogens with zero attached hydrogens (tertiary/aromatic N) is 2. The van der Waals surface area contributed by atoms with Crippen molar-refractivity contribution in [3.63, 3.8) is 0 Å². The Morgan fingerprint density at radius 2 is 2.14 bits per heavy atom. The minimum atomic E-state index is 1.05. The maximum absolute atomic E-state index is 2.12. The summed E-state index contributed by atoms with van der Waals surface area (Å²) in [7, 11) is 4.09. The van der Waals surface area contributed by atoms with Gasteiger partial charge >= 0.3 is 6.34 Å². The van der Waals surface area contributed by atoms with Gasteiger partial charge in [-0.05, 0) is 0 Å². The summed E-state index contributed by atoms with van der Waals surface area (Å²) >= 11 is 0. The maximum Gasteiger partial charge on any atom is 0.401 e. The van der Waals surface area contributed by atoms with Gasteiger partial charge in [-0.2, -0.15) is 9.15 Å². The lowest BCUT2D eigenvalue weighted by atomic mass is 10.7. The standard InChI is InChI=1S/C5H10N2/c1-6-3-4-7(2)5-6/h3,5H,4H2,1-2H3/q+2. The number of hydrogen-bond acceptors (Lipinski definition) is 0. The number of rotatable bonds is 0. The van der Waals surface area contributed by atoms with E-state index in [1.54, 1.807) is 0 Å². The third-order valence-corrected chi connectivity index (χ3v) is 1.04. The molecule has 0 N–H and O–H groups in total. The molecule has 0 radical (unpaired) electrons. The van der Waals surface area contributed by atoms with Crippen LogP contribution < -0.4 is 0 Å².